The maximum atomic E-state index is 11.1. The van der Waals surface area contributed by atoms with Crippen molar-refractivity contribution < 1.29 is 14.3 Å². The Hall–Kier alpha value is -2.29. The third-order valence-corrected chi connectivity index (χ3v) is 2.92. The van der Waals surface area contributed by atoms with Crippen LogP contribution in [0.5, 0.6) is 11.5 Å². The Balaban J connectivity index is 2.48. The average molecular weight is 270 g/mol. The van der Waals surface area contributed by atoms with Gasteiger partial charge in [0.2, 0.25) is 0 Å². The van der Waals surface area contributed by atoms with Crippen molar-refractivity contribution in [2.45, 2.75) is 20.0 Å². The van der Waals surface area contributed by atoms with Gasteiger partial charge in [-0.05, 0) is 37.6 Å². The lowest BCUT2D eigenvalue weighted by molar-refractivity contribution is 0.112. The number of ether oxygens (including phenoxy) is 2. The van der Waals surface area contributed by atoms with Crippen LogP contribution in [-0.4, -0.2) is 19.5 Å². The van der Waals surface area contributed by atoms with Crippen LogP contribution in [0.1, 0.15) is 24.2 Å². The van der Waals surface area contributed by atoms with Gasteiger partial charge in [0.05, 0.1) is 18.8 Å². The molecular formula is C17H18O3. The molecule has 0 spiro atoms. The molecule has 0 aliphatic rings. The van der Waals surface area contributed by atoms with E-state index in [-0.39, 0.29) is 6.10 Å². The second-order valence-corrected chi connectivity index (χ2v) is 4.74. The molecule has 104 valence electrons. The summed E-state index contributed by atoms with van der Waals surface area (Å²) in [6, 6.07) is 13.3. The third-order valence-electron chi connectivity index (χ3n) is 2.92. The fourth-order valence-corrected chi connectivity index (χ4v) is 2.06. The summed E-state index contributed by atoms with van der Waals surface area (Å²) in [7, 11) is 1.55. The number of hydrogen-bond donors (Lipinski definition) is 0. The summed E-state index contributed by atoms with van der Waals surface area (Å²) in [6.45, 7) is 3.98. The first kappa shape index (κ1) is 14.1. The van der Waals surface area contributed by atoms with Crippen LogP contribution in [0.4, 0.5) is 0 Å². The molecule has 0 aromatic heterocycles. The number of carbonyl (C=O) groups is 1. The van der Waals surface area contributed by atoms with Gasteiger partial charge in [0.1, 0.15) is 11.5 Å². The molecule has 0 heterocycles. The van der Waals surface area contributed by atoms with Crippen LogP contribution < -0.4 is 9.47 Å². The molecule has 2 aromatic carbocycles. The lowest BCUT2D eigenvalue weighted by atomic mass is 10.0. The van der Waals surface area contributed by atoms with Crippen molar-refractivity contribution in [1.29, 1.82) is 0 Å². The van der Waals surface area contributed by atoms with E-state index < -0.39 is 0 Å². The highest BCUT2D eigenvalue weighted by Crippen LogP contribution is 2.32. The van der Waals surface area contributed by atoms with Crippen LogP contribution in [0, 0.1) is 0 Å². The Morgan fingerprint density at radius 1 is 1.05 bits per heavy atom. The predicted octanol–water partition coefficient (Wildman–Crippen LogP) is 3.96. The number of hydrogen-bond acceptors (Lipinski definition) is 3. The van der Waals surface area contributed by atoms with Crippen molar-refractivity contribution in [1.82, 2.24) is 0 Å². The summed E-state index contributed by atoms with van der Waals surface area (Å²) in [5.74, 6) is 1.38. The second-order valence-electron chi connectivity index (χ2n) is 4.74. The van der Waals surface area contributed by atoms with E-state index in [0.29, 0.717) is 11.3 Å². The van der Waals surface area contributed by atoms with Gasteiger partial charge in [0.25, 0.3) is 0 Å². The van der Waals surface area contributed by atoms with Gasteiger partial charge in [-0.3, -0.25) is 4.79 Å². The zero-order valence-electron chi connectivity index (χ0n) is 11.9. The molecule has 0 N–H and O–H groups in total. The molecule has 0 saturated carbocycles. The fraction of sp³-hybridized carbons (Fsp3) is 0.235. The smallest absolute Gasteiger partial charge is 0.153 e. The Kier molecular flexibility index (Phi) is 4.41. The third kappa shape index (κ3) is 2.99. The first-order valence-electron chi connectivity index (χ1n) is 6.55. The van der Waals surface area contributed by atoms with E-state index in [1.54, 1.807) is 13.2 Å². The van der Waals surface area contributed by atoms with Gasteiger partial charge in [-0.2, -0.15) is 0 Å². The minimum atomic E-state index is 0.0972. The van der Waals surface area contributed by atoms with Crippen molar-refractivity contribution in [2.24, 2.45) is 0 Å². The predicted molar refractivity (Wildman–Crippen MR) is 79.6 cm³/mol. The van der Waals surface area contributed by atoms with Crippen molar-refractivity contribution in [3.8, 4) is 22.6 Å². The fourth-order valence-electron chi connectivity index (χ4n) is 2.06. The zero-order chi connectivity index (χ0) is 14.5. The molecule has 2 aromatic rings. The van der Waals surface area contributed by atoms with Crippen molar-refractivity contribution in [3.05, 3.63) is 48.0 Å². The standard InChI is InChI=1S/C17H18O3/c1-12(2)20-17-7-5-4-6-15(17)13-8-9-16(19-3)14(10-13)11-18/h4-12H,1-3H3. The maximum Gasteiger partial charge on any atom is 0.153 e. The SMILES string of the molecule is COc1ccc(-c2ccccc2OC(C)C)cc1C=O. The minimum absolute atomic E-state index is 0.0972. The van der Waals surface area contributed by atoms with Gasteiger partial charge in [0, 0.05) is 5.56 Å². The number of carbonyl (C=O) groups excluding carboxylic acids is 1. The van der Waals surface area contributed by atoms with E-state index in [0.717, 1.165) is 23.2 Å². The monoisotopic (exact) mass is 270 g/mol. The van der Waals surface area contributed by atoms with E-state index in [9.17, 15) is 4.79 Å². The lowest BCUT2D eigenvalue weighted by Crippen LogP contribution is -2.06. The highest BCUT2D eigenvalue weighted by atomic mass is 16.5. The summed E-state index contributed by atoms with van der Waals surface area (Å²) >= 11 is 0. The van der Waals surface area contributed by atoms with E-state index >= 15 is 0 Å². The normalized spacial score (nSPS) is 10.4. The van der Waals surface area contributed by atoms with Crippen LogP contribution in [0.3, 0.4) is 0 Å². The summed E-state index contributed by atoms with van der Waals surface area (Å²) in [4.78, 5) is 11.1. The number of rotatable bonds is 5. The number of para-hydroxylation sites is 1. The number of methoxy groups -OCH3 is 1. The molecule has 0 bridgehead atoms. The van der Waals surface area contributed by atoms with Crippen molar-refractivity contribution in [3.63, 3.8) is 0 Å². The quantitative estimate of drug-likeness (QED) is 0.771. The highest BCUT2D eigenvalue weighted by Gasteiger charge is 2.10. The van der Waals surface area contributed by atoms with E-state index in [1.807, 2.05) is 50.2 Å². The van der Waals surface area contributed by atoms with E-state index in [1.165, 1.54) is 0 Å². The summed E-state index contributed by atoms with van der Waals surface area (Å²) in [5.41, 5.74) is 2.43. The zero-order valence-corrected chi connectivity index (χ0v) is 11.9. The van der Waals surface area contributed by atoms with Crippen LogP contribution in [0.25, 0.3) is 11.1 Å². The molecule has 0 aliphatic carbocycles. The number of benzene rings is 2. The molecule has 0 aliphatic heterocycles. The van der Waals surface area contributed by atoms with Crippen LogP contribution in [-0.2, 0) is 0 Å². The first-order valence-corrected chi connectivity index (χ1v) is 6.55. The Morgan fingerprint density at radius 3 is 2.45 bits per heavy atom. The largest absolute Gasteiger partial charge is 0.496 e. The van der Waals surface area contributed by atoms with Gasteiger partial charge in [-0.15, -0.1) is 0 Å². The molecule has 0 unspecified atom stereocenters. The maximum absolute atomic E-state index is 11.1. The second kappa shape index (κ2) is 6.24. The van der Waals surface area contributed by atoms with Crippen molar-refractivity contribution in [2.75, 3.05) is 7.11 Å². The van der Waals surface area contributed by atoms with Gasteiger partial charge in [-0.25, -0.2) is 0 Å². The van der Waals surface area contributed by atoms with Gasteiger partial charge < -0.3 is 9.47 Å². The van der Waals surface area contributed by atoms with Gasteiger partial charge >= 0.3 is 0 Å². The van der Waals surface area contributed by atoms with Gasteiger partial charge in [-0.1, -0.05) is 24.3 Å². The molecule has 0 amide bonds. The van der Waals surface area contributed by atoms with E-state index in [2.05, 4.69) is 0 Å². The lowest BCUT2D eigenvalue weighted by Gasteiger charge is -2.15. The number of aldehydes is 1. The molecule has 0 atom stereocenters. The van der Waals surface area contributed by atoms with Crippen LogP contribution in [0.2, 0.25) is 0 Å². The Bertz CT molecular complexity index is 603. The molecule has 0 saturated heterocycles. The topological polar surface area (TPSA) is 35.5 Å². The average Bonchev–Trinajstić information content (AvgIpc) is 2.46. The van der Waals surface area contributed by atoms with E-state index in [4.69, 9.17) is 9.47 Å². The molecule has 3 heteroatoms. The molecular weight excluding hydrogens is 252 g/mol. The van der Waals surface area contributed by atoms with Crippen LogP contribution in [0.15, 0.2) is 42.5 Å². The summed E-state index contributed by atoms with van der Waals surface area (Å²) < 4.78 is 11.0. The highest BCUT2D eigenvalue weighted by molar-refractivity contribution is 5.84. The van der Waals surface area contributed by atoms with Crippen molar-refractivity contribution >= 4 is 6.29 Å². The minimum Gasteiger partial charge on any atom is -0.496 e. The summed E-state index contributed by atoms with van der Waals surface area (Å²) in [5, 5.41) is 0. The molecule has 3 nitrogen and oxygen atoms in total. The molecule has 2 rings (SSSR count). The first-order chi connectivity index (χ1) is 9.65. The Morgan fingerprint density at radius 2 is 1.80 bits per heavy atom. The molecule has 0 radical (unpaired) electrons. The van der Waals surface area contributed by atoms with Gasteiger partial charge in [0.15, 0.2) is 6.29 Å². The Labute approximate surface area is 119 Å². The summed E-state index contributed by atoms with van der Waals surface area (Å²) in [6.07, 6.45) is 0.897. The molecule has 20 heavy (non-hydrogen) atoms. The molecule has 0 fully saturated rings. The van der Waals surface area contributed by atoms with Crippen LogP contribution >= 0.6 is 0 Å².